The standard InChI is InChI=1S/C26H25F2N7O2/c27-21-10-20-24-26(23(21)28)37-9-8-34(24)12-17(25(20)36)13-35(14-18-3-4-30-16-32-18)19-2-1-7-33(15-19)22-11-29-5-6-31-22/h3-6,10-12,16,19H,1-2,7-9,13-15H2/t19-/m0/s1. The van der Waals surface area contributed by atoms with Crippen LogP contribution in [0.25, 0.3) is 10.9 Å². The highest BCUT2D eigenvalue weighted by molar-refractivity contribution is 5.86. The van der Waals surface area contributed by atoms with Gasteiger partial charge in [-0.05, 0) is 25.0 Å². The van der Waals surface area contributed by atoms with Gasteiger partial charge in [0.25, 0.3) is 0 Å². The Morgan fingerprint density at radius 3 is 2.84 bits per heavy atom. The average Bonchev–Trinajstić information content (AvgIpc) is 2.94. The molecule has 0 unspecified atom stereocenters. The summed E-state index contributed by atoms with van der Waals surface area (Å²) in [6.07, 6.45) is 11.9. The molecule has 9 nitrogen and oxygen atoms in total. The van der Waals surface area contributed by atoms with E-state index in [0.717, 1.165) is 37.0 Å². The fourth-order valence-corrected chi connectivity index (χ4v) is 5.27. The number of aromatic nitrogens is 5. The topological polar surface area (TPSA) is 89.3 Å². The van der Waals surface area contributed by atoms with Gasteiger partial charge in [0.2, 0.25) is 5.82 Å². The van der Waals surface area contributed by atoms with Crippen molar-refractivity contribution in [2.45, 2.75) is 38.5 Å². The van der Waals surface area contributed by atoms with Gasteiger partial charge in [-0.1, -0.05) is 0 Å². The zero-order valence-corrected chi connectivity index (χ0v) is 20.1. The number of anilines is 1. The minimum Gasteiger partial charge on any atom is -0.486 e. The van der Waals surface area contributed by atoms with Crippen molar-refractivity contribution >= 4 is 16.7 Å². The molecule has 3 aromatic heterocycles. The Balaban J connectivity index is 1.37. The van der Waals surface area contributed by atoms with Crippen molar-refractivity contribution in [3.8, 4) is 5.75 Å². The molecule has 2 aliphatic heterocycles. The maximum atomic E-state index is 14.4. The molecular weight excluding hydrogens is 480 g/mol. The lowest BCUT2D eigenvalue weighted by molar-refractivity contribution is 0.155. The van der Waals surface area contributed by atoms with E-state index in [4.69, 9.17) is 4.74 Å². The molecule has 0 aliphatic carbocycles. The van der Waals surface area contributed by atoms with E-state index in [9.17, 15) is 13.6 Å². The molecule has 0 bridgehead atoms. The number of benzene rings is 1. The van der Waals surface area contributed by atoms with E-state index in [1.165, 1.54) is 6.33 Å². The molecule has 0 spiro atoms. The highest BCUT2D eigenvalue weighted by atomic mass is 19.2. The first kappa shape index (κ1) is 23.4. The molecule has 4 aromatic rings. The molecule has 1 aromatic carbocycles. The number of nitrogens with zero attached hydrogens (tertiary/aromatic N) is 7. The third-order valence-electron chi connectivity index (χ3n) is 7.03. The number of rotatable bonds is 6. The van der Waals surface area contributed by atoms with Crippen molar-refractivity contribution in [2.75, 3.05) is 24.6 Å². The maximum Gasteiger partial charge on any atom is 0.202 e. The van der Waals surface area contributed by atoms with Gasteiger partial charge in [-0.15, -0.1) is 0 Å². The van der Waals surface area contributed by atoms with Gasteiger partial charge in [0.15, 0.2) is 17.0 Å². The molecule has 0 saturated carbocycles. The Bertz CT molecular complexity index is 1480. The Kier molecular flexibility index (Phi) is 6.21. The lowest BCUT2D eigenvalue weighted by atomic mass is 10.0. The number of hydrogen-bond acceptors (Lipinski definition) is 8. The fourth-order valence-electron chi connectivity index (χ4n) is 5.27. The van der Waals surface area contributed by atoms with Crippen molar-refractivity contribution in [1.82, 2.24) is 29.4 Å². The molecule has 37 heavy (non-hydrogen) atoms. The third kappa shape index (κ3) is 4.50. The molecule has 0 amide bonds. The van der Waals surface area contributed by atoms with Gasteiger partial charge in [-0.2, -0.15) is 4.39 Å². The van der Waals surface area contributed by atoms with Crippen molar-refractivity contribution in [3.63, 3.8) is 0 Å². The van der Waals surface area contributed by atoms with Gasteiger partial charge < -0.3 is 14.2 Å². The fraction of sp³-hybridized carbons (Fsp3) is 0.346. The second kappa shape index (κ2) is 9.81. The molecule has 190 valence electrons. The highest BCUT2D eigenvalue weighted by Gasteiger charge is 2.29. The predicted octanol–water partition coefficient (Wildman–Crippen LogP) is 2.92. The van der Waals surface area contributed by atoms with E-state index in [0.29, 0.717) is 37.3 Å². The van der Waals surface area contributed by atoms with Gasteiger partial charge in [0, 0.05) is 62.6 Å². The number of ether oxygens (including phenoxy) is 1. The van der Waals surface area contributed by atoms with Crippen LogP contribution < -0.4 is 15.1 Å². The predicted molar refractivity (Wildman–Crippen MR) is 132 cm³/mol. The monoisotopic (exact) mass is 505 g/mol. The Morgan fingerprint density at radius 1 is 1.11 bits per heavy atom. The third-order valence-corrected chi connectivity index (χ3v) is 7.03. The van der Waals surface area contributed by atoms with Crippen LogP contribution >= 0.6 is 0 Å². The van der Waals surface area contributed by atoms with Crippen LogP contribution in [0.3, 0.4) is 0 Å². The first-order chi connectivity index (χ1) is 18.1. The Labute approximate surface area is 211 Å². The zero-order chi connectivity index (χ0) is 25.4. The van der Waals surface area contributed by atoms with E-state index in [1.54, 1.807) is 35.6 Å². The maximum absolute atomic E-state index is 14.4. The quantitative estimate of drug-likeness (QED) is 0.395. The van der Waals surface area contributed by atoms with Gasteiger partial charge in [0.05, 0.1) is 29.3 Å². The normalized spacial score (nSPS) is 17.3. The molecule has 5 heterocycles. The zero-order valence-electron chi connectivity index (χ0n) is 20.1. The number of hydrogen-bond donors (Lipinski definition) is 0. The van der Waals surface area contributed by atoms with Crippen molar-refractivity contribution in [2.24, 2.45) is 0 Å². The molecular formula is C26H25F2N7O2. The van der Waals surface area contributed by atoms with Gasteiger partial charge >= 0.3 is 0 Å². The summed E-state index contributed by atoms with van der Waals surface area (Å²) in [5, 5.41) is 0.123. The molecule has 6 rings (SSSR count). The summed E-state index contributed by atoms with van der Waals surface area (Å²) in [4.78, 5) is 35.1. The Hall–Kier alpha value is -3.99. The van der Waals surface area contributed by atoms with Gasteiger partial charge in [0.1, 0.15) is 18.8 Å². The summed E-state index contributed by atoms with van der Waals surface area (Å²) in [5.74, 6) is -1.54. The highest BCUT2D eigenvalue weighted by Crippen LogP contribution is 2.32. The lowest BCUT2D eigenvalue weighted by Gasteiger charge is -2.39. The SMILES string of the molecule is O=c1c(CN(Cc2ccncn2)[C@H]2CCCN(c3cnccn3)C2)cn2c3c(c(F)c(F)cc13)OCC2. The van der Waals surface area contributed by atoms with Crippen LogP contribution in [-0.2, 0) is 19.6 Å². The van der Waals surface area contributed by atoms with Gasteiger partial charge in [-0.3, -0.25) is 14.7 Å². The number of piperidine rings is 1. The minimum atomic E-state index is -1.09. The summed E-state index contributed by atoms with van der Waals surface area (Å²) < 4.78 is 36.0. The van der Waals surface area contributed by atoms with Crippen LogP contribution in [0.2, 0.25) is 0 Å². The second-order valence-electron chi connectivity index (χ2n) is 9.33. The molecule has 1 atom stereocenters. The van der Waals surface area contributed by atoms with Crippen LogP contribution in [0.4, 0.5) is 14.6 Å². The van der Waals surface area contributed by atoms with Crippen LogP contribution in [0.15, 0.2) is 54.2 Å². The molecule has 1 fully saturated rings. The summed E-state index contributed by atoms with van der Waals surface area (Å²) >= 11 is 0. The van der Waals surface area contributed by atoms with E-state index in [-0.39, 0.29) is 29.2 Å². The van der Waals surface area contributed by atoms with Crippen molar-refractivity contribution in [1.29, 1.82) is 0 Å². The van der Waals surface area contributed by atoms with Crippen LogP contribution in [0.5, 0.6) is 5.75 Å². The second-order valence-corrected chi connectivity index (χ2v) is 9.33. The summed E-state index contributed by atoms with van der Waals surface area (Å²) in [6, 6.07) is 2.94. The number of pyridine rings is 1. The molecule has 0 radical (unpaired) electrons. The van der Waals surface area contributed by atoms with E-state index in [2.05, 4.69) is 29.7 Å². The van der Waals surface area contributed by atoms with E-state index >= 15 is 0 Å². The largest absolute Gasteiger partial charge is 0.486 e. The smallest absolute Gasteiger partial charge is 0.202 e. The lowest BCUT2D eigenvalue weighted by Crippen LogP contribution is -2.48. The number of halogens is 2. The summed E-state index contributed by atoms with van der Waals surface area (Å²) in [7, 11) is 0. The Morgan fingerprint density at radius 2 is 2.03 bits per heavy atom. The van der Waals surface area contributed by atoms with Crippen LogP contribution in [0, 0.1) is 11.6 Å². The summed E-state index contributed by atoms with van der Waals surface area (Å²) in [6.45, 7) is 3.05. The molecule has 1 saturated heterocycles. The van der Waals surface area contributed by atoms with E-state index < -0.39 is 11.6 Å². The molecule has 11 heteroatoms. The van der Waals surface area contributed by atoms with Gasteiger partial charge in [-0.25, -0.2) is 19.3 Å². The van der Waals surface area contributed by atoms with Crippen molar-refractivity contribution < 1.29 is 13.5 Å². The first-order valence-corrected chi connectivity index (χ1v) is 12.2. The molecule has 0 N–H and O–H groups in total. The van der Waals surface area contributed by atoms with E-state index in [1.807, 2.05) is 6.07 Å². The molecule has 2 aliphatic rings. The first-order valence-electron chi connectivity index (χ1n) is 12.2. The van der Waals surface area contributed by atoms with Crippen molar-refractivity contribution in [3.05, 3.63) is 82.6 Å². The average molecular weight is 506 g/mol. The van der Waals surface area contributed by atoms with Crippen LogP contribution in [0.1, 0.15) is 24.1 Å². The van der Waals surface area contributed by atoms with Crippen LogP contribution in [-0.4, -0.2) is 55.1 Å². The minimum absolute atomic E-state index is 0.103. The summed E-state index contributed by atoms with van der Waals surface area (Å²) in [5.41, 5.74) is 1.31.